The highest BCUT2D eigenvalue weighted by atomic mass is 19.1. The van der Waals surface area contributed by atoms with Gasteiger partial charge in [-0.25, -0.2) is 8.78 Å². The molecule has 0 heterocycles. The van der Waals surface area contributed by atoms with E-state index in [-0.39, 0.29) is 18.1 Å². The van der Waals surface area contributed by atoms with Crippen LogP contribution in [0.5, 0.6) is 0 Å². The second-order valence-corrected chi connectivity index (χ2v) is 8.41. The van der Waals surface area contributed by atoms with Crippen molar-refractivity contribution in [1.29, 1.82) is 0 Å². The van der Waals surface area contributed by atoms with E-state index < -0.39 is 35.5 Å². The van der Waals surface area contributed by atoms with Gasteiger partial charge in [0.15, 0.2) is 0 Å². The highest BCUT2D eigenvalue weighted by molar-refractivity contribution is 5.80. The average Bonchev–Trinajstić information content (AvgIpc) is 2.63. The van der Waals surface area contributed by atoms with Gasteiger partial charge in [-0.2, -0.15) is 0 Å². The minimum Gasteiger partial charge on any atom is -0.461 e. The monoisotopic (exact) mass is 418 g/mol. The summed E-state index contributed by atoms with van der Waals surface area (Å²) in [4.78, 5) is 24.6. The number of hydrogen-bond acceptors (Lipinski definition) is 4. The number of hydrogen-bond donors (Lipinski definition) is 0. The molecule has 2 rings (SSSR count). The van der Waals surface area contributed by atoms with Crippen molar-refractivity contribution in [3.63, 3.8) is 0 Å². The molecular formula is C24H28F2O4. The molecule has 0 unspecified atom stereocenters. The van der Waals surface area contributed by atoms with E-state index in [2.05, 4.69) is 0 Å². The quantitative estimate of drug-likeness (QED) is 0.565. The summed E-state index contributed by atoms with van der Waals surface area (Å²) in [7, 11) is 0. The molecule has 0 aliphatic heterocycles. The Morgan fingerprint density at radius 1 is 0.867 bits per heavy atom. The maximum atomic E-state index is 13.4. The Balaban J connectivity index is 2.16. The van der Waals surface area contributed by atoms with Crippen molar-refractivity contribution in [3.05, 3.63) is 71.3 Å². The molecule has 30 heavy (non-hydrogen) atoms. The molecule has 0 saturated carbocycles. The number of rotatable bonds is 7. The van der Waals surface area contributed by atoms with Crippen molar-refractivity contribution >= 4 is 11.9 Å². The van der Waals surface area contributed by atoms with Crippen molar-refractivity contribution in [1.82, 2.24) is 0 Å². The van der Waals surface area contributed by atoms with E-state index in [1.165, 1.54) is 24.3 Å². The van der Waals surface area contributed by atoms with Crippen molar-refractivity contribution < 1.29 is 27.8 Å². The van der Waals surface area contributed by atoms with E-state index in [0.29, 0.717) is 0 Å². The molecule has 0 saturated heterocycles. The van der Waals surface area contributed by atoms with Gasteiger partial charge in [-0.3, -0.25) is 9.59 Å². The number of carbonyl (C=O) groups is 2. The van der Waals surface area contributed by atoms with Crippen LogP contribution >= 0.6 is 0 Å². The standard InChI is InChI=1S/C24H28F2O4/c1-15(14-21(27)30-24(3,4)5)23(28)29-16(2)22(17-6-10-19(25)11-7-17)18-8-12-20(26)13-9-18/h6-13,15-16,22H,14H2,1-5H3/t15-,16+/m0/s1. The topological polar surface area (TPSA) is 52.6 Å². The van der Waals surface area contributed by atoms with Crippen LogP contribution in [-0.4, -0.2) is 23.6 Å². The molecule has 0 spiro atoms. The summed E-state index contributed by atoms with van der Waals surface area (Å²) in [6.07, 6.45) is -0.727. The van der Waals surface area contributed by atoms with Crippen LogP contribution in [0.25, 0.3) is 0 Å². The molecule has 2 aromatic carbocycles. The first-order valence-electron chi connectivity index (χ1n) is 9.89. The molecule has 0 N–H and O–H groups in total. The molecule has 0 aromatic heterocycles. The Kier molecular flexibility index (Phi) is 7.71. The Morgan fingerprint density at radius 2 is 1.30 bits per heavy atom. The smallest absolute Gasteiger partial charge is 0.309 e. The van der Waals surface area contributed by atoms with Gasteiger partial charge in [-0.1, -0.05) is 31.2 Å². The van der Waals surface area contributed by atoms with E-state index in [0.717, 1.165) is 11.1 Å². The molecule has 0 fully saturated rings. The normalized spacial score (nSPS) is 13.6. The van der Waals surface area contributed by atoms with E-state index in [4.69, 9.17) is 9.47 Å². The van der Waals surface area contributed by atoms with E-state index in [9.17, 15) is 18.4 Å². The molecular weight excluding hydrogens is 390 g/mol. The first-order valence-corrected chi connectivity index (χ1v) is 9.89. The molecule has 162 valence electrons. The third-order valence-electron chi connectivity index (χ3n) is 4.52. The molecule has 0 amide bonds. The Morgan fingerprint density at radius 3 is 1.70 bits per heavy atom. The van der Waals surface area contributed by atoms with Gasteiger partial charge < -0.3 is 9.47 Å². The molecule has 4 nitrogen and oxygen atoms in total. The zero-order chi connectivity index (χ0) is 22.5. The van der Waals surface area contributed by atoms with Crippen molar-refractivity contribution in [3.8, 4) is 0 Å². The van der Waals surface area contributed by atoms with Crippen LogP contribution in [0.4, 0.5) is 8.78 Å². The van der Waals surface area contributed by atoms with Crippen LogP contribution in [0, 0.1) is 17.6 Å². The van der Waals surface area contributed by atoms with Gasteiger partial charge in [-0.15, -0.1) is 0 Å². The number of carbonyl (C=O) groups excluding carboxylic acids is 2. The van der Waals surface area contributed by atoms with Gasteiger partial charge >= 0.3 is 11.9 Å². The maximum Gasteiger partial charge on any atom is 0.309 e. The SMILES string of the molecule is C[C@@H](CC(=O)OC(C)(C)C)C(=O)O[C@H](C)C(c1ccc(F)cc1)c1ccc(F)cc1. The van der Waals surface area contributed by atoms with Crippen LogP contribution in [0.15, 0.2) is 48.5 Å². The van der Waals surface area contributed by atoms with Gasteiger partial charge in [-0.05, 0) is 63.1 Å². The van der Waals surface area contributed by atoms with Crippen molar-refractivity contribution in [2.24, 2.45) is 5.92 Å². The molecule has 0 aliphatic rings. The molecule has 2 atom stereocenters. The summed E-state index contributed by atoms with van der Waals surface area (Å²) >= 11 is 0. The summed E-state index contributed by atoms with van der Waals surface area (Å²) in [5, 5.41) is 0. The molecule has 0 radical (unpaired) electrons. The van der Waals surface area contributed by atoms with E-state index in [1.54, 1.807) is 58.9 Å². The van der Waals surface area contributed by atoms with Gasteiger partial charge in [0.2, 0.25) is 0 Å². The minimum absolute atomic E-state index is 0.0966. The molecule has 2 aromatic rings. The lowest BCUT2D eigenvalue weighted by molar-refractivity contribution is -0.163. The van der Waals surface area contributed by atoms with Gasteiger partial charge in [0, 0.05) is 5.92 Å². The number of halogens is 2. The fourth-order valence-corrected chi connectivity index (χ4v) is 3.16. The second-order valence-electron chi connectivity index (χ2n) is 8.41. The Hall–Kier alpha value is -2.76. The van der Waals surface area contributed by atoms with Crippen molar-refractivity contribution in [2.45, 2.75) is 58.7 Å². The summed E-state index contributed by atoms with van der Waals surface area (Å²) in [5.41, 5.74) is 0.816. The highest BCUT2D eigenvalue weighted by Crippen LogP contribution is 2.31. The lowest BCUT2D eigenvalue weighted by Gasteiger charge is -2.26. The van der Waals surface area contributed by atoms with Gasteiger partial charge in [0.25, 0.3) is 0 Å². The maximum absolute atomic E-state index is 13.4. The average molecular weight is 418 g/mol. The van der Waals surface area contributed by atoms with E-state index >= 15 is 0 Å². The molecule has 6 heteroatoms. The van der Waals surface area contributed by atoms with Crippen LogP contribution in [-0.2, 0) is 19.1 Å². The van der Waals surface area contributed by atoms with Gasteiger partial charge in [0.05, 0.1) is 12.3 Å². The first-order chi connectivity index (χ1) is 14.0. The Labute approximate surface area is 176 Å². The number of esters is 2. The zero-order valence-electron chi connectivity index (χ0n) is 17.9. The largest absolute Gasteiger partial charge is 0.461 e. The summed E-state index contributed by atoms with van der Waals surface area (Å²) < 4.78 is 37.7. The summed E-state index contributed by atoms with van der Waals surface area (Å²) in [6.45, 7) is 8.59. The fraction of sp³-hybridized carbons (Fsp3) is 0.417. The third-order valence-corrected chi connectivity index (χ3v) is 4.52. The summed E-state index contributed by atoms with van der Waals surface area (Å²) in [6, 6.07) is 11.7. The lowest BCUT2D eigenvalue weighted by atomic mass is 9.87. The predicted molar refractivity (Wildman–Crippen MR) is 110 cm³/mol. The van der Waals surface area contributed by atoms with E-state index in [1.807, 2.05) is 0 Å². The lowest BCUT2D eigenvalue weighted by Crippen LogP contribution is -2.30. The molecule has 0 aliphatic carbocycles. The van der Waals surface area contributed by atoms with Crippen molar-refractivity contribution in [2.75, 3.05) is 0 Å². The van der Waals surface area contributed by atoms with Crippen LogP contribution in [0.3, 0.4) is 0 Å². The molecule has 0 bridgehead atoms. The summed E-state index contributed by atoms with van der Waals surface area (Å²) in [5.74, 6) is -2.90. The minimum atomic E-state index is -0.690. The third kappa shape index (κ3) is 6.94. The highest BCUT2D eigenvalue weighted by Gasteiger charge is 2.29. The first kappa shape index (κ1) is 23.5. The Bertz CT molecular complexity index is 809. The second kappa shape index (κ2) is 9.83. The number of ether oxygens (including phenoxy) is 2. The van der Waals surface area contributed by atoms with Crippen LogP contribution in [0.1, 0.15) is 58.1 Å². The predicted octanol–water partition coefficient (Wildman–Crippen LogP) is 5.40. The van der Waals surface area contributed by atoms with Crippen LogP contribution in [0.2, 0.25) is 0 Å². The van der Waals surface area contributed by atoms with Crippen LogP contribution < -0.4 is 0 Å². The zero-order valence-corrected chi connectivity index (χ0v) is 17.9. The fourth-order valence-electron chi connectivity index (χ4n) is 3.16. The number of benzene rings is 2. The van der Waals surface area contributed by atoms with Gasteiger partial charge in [0.1, 0.15) is 23.3 Å².